The van der Waals surface area contributed by atoms with Crippen molar-refractivity contribution in [2.24, 2.45) is 0 Å². The number of benzene rings is 1. The Labute approximate surface area is 134 Å². The van der Waals surface area contributed by atoms with E-state index in [0.29, 0.717) is 29.7 Å². The average Bonchev–Trinajstić information content (AvgIpc) is 2.99. The summed E-state index contributed by atoms with van der Waals surface area (Å²) in [6.07, 6.45) is 1.35. The van der Waals surface area contributed by atoms with Crippen molar-refractivity contribution < 1.29 is 23.4 Å². The SMILES string of the molecule is COc1cc(CN(C)C(=O)c2coc(C)n2)cc(OC)c1OC. The molecule has 7 nitrogen and oxygen atoms in total. The number of hydrogen-bond acceptors (Lipinski definition) is 6. The molecule has 0 atom stereocenters. The standard InChI is InChI=1S/C16H20N2O5/c1-10-17-12(9-23-10)16(19)18(2)8-11-6-13(20-3)15(22-5)14(7-11)21-4/h6-7,9H,8H2,1-5H3. The minimum Gasteiger partial charge on any atom is -0.493 e. The minimum atomic E-state index is -0.226. The molecule has 0 saturated carbocycles. The van der Waals surface area contributed by atoms with Gasteiger partial charge >= 0.3 is 0 Å². The second kappa shape index (κ2) is 7.04. The van der Waals surface area contributed by atoms with Crippen molar-refractivity contribution in [3.05, 3.63) is 35.5 Å². The van der Waals surface area contributed by atoms with Crippen LogP contribution in [0.3, 0.4) is 0 Å². The predicted molar refractivity (Wildman–Crippen MR) is 83.1 cm³/mol. The van der Waals surface area contributed by atoms with E-state index in [4.69, 9.17) is 18.6 Å². The lowest BCUT2D eigenvalue weighted by Crippen LogP contribution is -2.26. The van der Waals surface area contributed by atoms with E-state index in [1.165, 1.54) is 11.2 Å². The number of nitrogens with zero attached hydrogens (tertiary/aromatic N) is 2. The first-order valence-corrected chi connectivity index (χ1v) is 6.96. The molecule has 1 amide bonds. The summed E-state index contributed by atoms with van der Waals surface area (Å²) in [5, 5.41) is 0. The third-order valence-electron chi connectivity index (χ3n) is 3.33. The fourth-order valence-electron chi connectivity index (χ4n) is 2.23. The van der Waals surface area contributed by atoms with Crippen LogP contribution in [0, 0.1) is 6.92 Å². The minimum absolute atomic E-state index is 0.226. The van der Waals surface area contributed by atoms with Gasteiger partial charge in [0.05, 0.1) is 21.3 Å². The molecule has 0 unspecified atom stereocenters. The van der Waals surface area contributed by atoms with E-state index in [1.54, 1.807) is 47.4 Å². The Kier molecular flexibility index (Phi) is 5.10. The quantitative estimate of drug-likeness (QED) is 0.813. The van der Waals surface area contributed by atoms with Gasteiger partial charge in [0.15, 0.2) is 23.1 Å². The fourth-order valence-corrected chi connectivity index (χ4v) is 2.23. The fraction of sp³-hybridized carbons (Fsp3) is 0.375. The molecule has 2 aromatic rings. The molecule has 0 bridgehead atoms. The van der Waals surface area contributed by atoms with Gasteiger partial charge in [0.1, 0.15) is 6.26 Å². The zero-order chi connectivity index (χ0) is 17.0. The van der Waals surface area contributed by atoms with E-state index in [2.05, 4.69) is 4.98 Å². The van der Waals surface area contributed by atoms with Gasteiger partial charge in [0.25, 0.3) is 5.91 Å². The molecule has 1 aromatic carbocycles. The maximum atomic E-state index is 12.3. The van der Waals surface area contributed by atoms with Crippen LogP contribution in [0.1, 0.15) is 21.9 Å². The molecule has 0 aliphatic carbocycles. The largest absolute Gasteiger partial charge is 0.493 e. The second-order valence-corrected chi connectivity index (χ2v) is 4.95. The van der Waals surface area contributed by atoms with Gasteiger partial charge in [-0.05, 0) is 17.7 Å². The monoisotopic (exact) mass is 320 g/mol. The predicted octanol–water partition coefficient (Wildman–Crippen LogP) is 2.28. The molecule has 0 saturated heterocycles. The maximum absolute atomic E-state index is 12.3. The normalized spacial score (nSPS) is 10.3. The lowest BCUT2D eigenvalue weighted by molar-refractivity contribution is 0.0779. The van der Waals surface area contributed by atoms with Crippen LogP contribution in [0.15, 0.2) is 22.8 Å². The Morgan fingerprint density at radius 2 is 1.78 bits per heavy atom. The number of ether oxygens (including phenoxy) is 3. The second-order valence-electron chi connectivity index (χ2n) is 4.95. The van der Waals surface area contributed by atoms with E-state index in [-0.39, 0.29) is 11.6 Å². The van der Waals surface area contributed by atoms with Crippen molar-refractivity contribution in [2.75, 3.05) is 28.4 Å². The molecule has 1 aromatic heterocycles. The molecule has 124 valence electrons. The zero-order valence-electron chi connectivity index (χ0n) is 13.9. The van der Waals surface area contributed by atoms with Gasteiger partial charge in [0, 0.05) is 20.5 Å². The van der Waals surface area contributed by atoms with Crippen LogP contribution >= 0.6 is 0 Å². The van der Waals surface area contributed by atoms with Gasteiger partial charge in [-0.15, -0.1) is 0 Å². The van der Waals surface area contributed by atoms with Crippen molar-refractivity contribution in [1.82, 2.24) is 9.88 Å². The Morgan fingerprint density at radius 1 is 1.17 bits per heavy atom. The van der Waals surface area contributed by atoms with Gasteiger partial charge in [0.2, 0.25) is 5.75 Å². The number of carbonyl (C=O) groups excluding carboxylic acids is 1. The van der Waals surface area contributed by atoms with Gasteiger partial charge in [-0.1, -0.05) is 0 Å². The molecular weight excluding hydrogens is 300 g/mol. The molecule has 0 fully saturated rings. The smallest absolute Gasteiger partial charge is 0.275 e. The van der Waals surface area contributed by atoms with E-state index in [0.717, 1.165) is 5.56 Å². The van der Waals surface area contributed by atoms with Crippen molar-refractivity contribution in [3.63, 3.8) is 0 Å². The number of aromatic nitrogens is 1. The van der Waals surface area contributed by atoms with Crippen molar-refractivity contribution in [3.8, 4) is 17.2 Å². The Balaban J connectivity index is 2.23. The van der Waals surface area contributed by atoms with Crippen LogP contribution in [0.5, 0.6) is 17.2 Å². The van der Waals surface area contributed by atoms with Gasteiger partial charge in [-0.25, -0.2) is 4.98 Å². The third kappa shape index (κ3) is 3.56. The van der Waals surface area contributed by atoms with Crippen LogP contribution in [0.4, 0.5) is 0 Å². The topological polar surface area (TPSA) is 74.0 Å². The number of amides is 1. The van der Waals surface area contributed by atoms with Crippen LogP contribution < -0.4 is 14.2 Å². The summed E-state index contributed by atoms with van der Waals surface area (Å²) in [5.41, 5.74) is 1.12. The van der Waals surface area contributed by atoms with Gasteiger partial charge < -0.3 is 23.5 Å². The lowest BCUT2D eigenvalue weighted by atomic mass is 10.1. The van der Waals surface area contributed by atoms with E-state index < -0.39 is 0 Å². The molecule has 0 spiro atoms. The first kappa shape index (κ1) is 16.7. The number of oxazole rings is 1. The van der Waals surface area contributed by atoms with Gasteiger partial charge in [-0.2, -0.15) is 0 Å². The third-order valence-corrected chi connectivity index (χ3v) is 3.33. The molecule has 0 N–H and O–H groups in total. The zero-order valence-corrected chi connectivity index (χ0v) is 13.9. The molecular formula is C16H20N2O5. The van der Waals surface area contributed by atoms with Crippen LogP contribution in [0.25, 0.3) is 0 Å². The van der Waals surface area contributed by atoms with Crippen LogP contribution in [-0.2, 0) is 6.54 Å². The Bertz CT molecular complexity index is 671. The summed E-state index contributed by atoms with van der Waals surface area (Å²) in [4.78, 5) is 17.9. The Morgan fingerprint density at radius 3 is 2.22 bits per heavy atom. The number of rotatable bonds is 6. The molecule has 2 rings (SSSR count). The number of hydrogen-bond donors (Lipinski definition) is 0. The van der Waals surface area contributed by atoms with E-state index in [9.17, 15) is 4.79 Å². The highest BCUT2D eigenvalue weighted by atomic mass is 16.5. The van der Waals surface area contributed by atoms with E-state index >= 15 is 0 Å². The summed E-state index contributed by atoms with van der Waals surface area (Å²) < 4.78 is 21.0. The summed E-state index contributed by atoms with van der Waals surface area (Å²) in [7, 11) is 6.33. The number of methoxy groups -OCH3 is 3. The average molecular weight is 320 g/mol. The molecule has 1 heterocycles. The maximum Gasteiger partial charge on any atom is 0.275 e. The molecule has 0 aliphatic rings. The first-order chi connectivity index (χ1) is 11.0. The highest BCUT2D eigenvalue weighted by molar-refractivity contribution is 5.91. The first-order valence-electron chi connectivity index (χ1n) is 6.96. The number of aryl methyl sites for hydroxylation is 1. The lowest BCUT2D eigenvalue weighted by Gasteiger charge is -2.18. The van der Waals surface area contributed by atoms with E-state index in [1.807, 2.05) is 0 Å². The molecule has 23 heavy (non-hydrogen) atoms. The van der Waals surface area contributed by atoms with Crippen molar-refractivity contribution in [1.29, 1.82) is 0 Å². The summed E-state index contributed by atoms with van der Waals surface area (Å²) in [6.45, 7) is 2.05. The summed E-state index contributed by atoms with van der Waals surface area (Å²) in [5.74, 6) is 1.82. The van der Waals surface area contributed by atoms with Crippen LogP contribution in [-0.4, -0.2) is 44.2 Å². The highest BCUT2D eigenvalue weighted by Crippen LogP contribution is 2.38. The molecule has 0 aliphatic heterocycles. The Hall–Kier alpha value is -2.70. The number of carbonyl (C=O) groups is 1. The summed E-state index contributed by atoms with van der Waals surface area (Å²) in [6, 6.07) is 3.61. The summed E-state index contributed by atoms with van der Waals surface area (Å²) >= 11 is 0. The van der Waals surface area contributed by atoms with Crippen molar-refractivity contribution in [2.45, 2.75) is 13.5 Å². The van der Waals surface area contributed by atoms with Crippen LogP contribution in [0.2, 0.25) is 0 Å². The van der Waals surface area contributed by atoms with Gasteiger partial charge in [-0.3, -0.25) is 4.79 Å². The molecule has 7 heteroatoms. The highest BCUT2D eigenvalue weighted by Gasteiger charge is 2.18. The van der Waals surface area contributed by atoms with Crippen molar-refractivity contribution >= 4 is 5.91 Å². The molecule has 0 radical (unpaired) electrons.